The second kappa shape index (κ2) is 5.69. The number of rotatable bonds is 3. The van der Waals surface area contributed by atoms with Gasteiger partial charge in [-0.2, -0.15) is 4.98 Å². The van der Waals surface area contributed by atoms with Gasteiger partial charge in [0.15, 0.2) is 5.82 Å². The van der Waals surface area contributed by atoms with Gasteiger partial charge in [-0.05, 0) is 42.5 Å². The van der Waals surface area contributed by atoms with Gasteiger partial charge in [-0.25, -0.2) is 0 Å². The summed E-state index contributed by atoms with van der Waals surface area (Å²) < 4.78 is 5.50. The normalized spacial score (nSPS) is 20.3. The van der Waals surface area contributed by atoms with Crippen molar-refractivity contribution in [2.45, 2.75) is 37.6 Å². The second-order valence-electron chi connectivity index (χ2n) is 6.95. The Labute approximate surface area is 145 Å². The van der Waals surface area contributed by atoms with E-state index in [9.17, 15) is 4.79 Å². The molecular formula is C20H19N3O2. The number of fused-ring (bicyclic) bond motifs is 1. The van der Waals surface area contributed by atoms with Crippen LogP contribution in [0.25, 0.3) is 10.8 Å². The van der Waals surface area contributed by atoms with E-state index in [0.717, 1.165) is 54.4 Å². The Morgan fingerprint density at radius 3 is 2.80 bits per heavy atom. The largest absolute Gasteiger partial charge is 0.337 e. The number of benzene rings is 2. The summed E-state index contributed by atoms with van der Waals surface area (Å²) in [4.78, 5) is 19.7. The molecule has 0 bridgehead atoms. The molecule has 1 aliphatic carbocycles. The summed E-state index contributed by atoms with van der Waals surface area (Å²) in [5, 5.41) is 6.19. The quantitative estimate of drug-likeness (QED) is 0.725. The van der Waals surface area contributed by atoms with Gasteiger partial charge in [0.25, 0.3) is 5.91 Å². The van der Waals surface area contributed by atoms with Gasteiger partial charge in [0.05, 0.1) is 0 Å². The zero-order valence-electron chi connectivity index (χ0n) is 13.9. The first-order valence-electron chi connectivity index (χ1n) is 8.93. The Bertz CT molecular complexity index is 940. The number of carbonyl (C=O) groups is 1. The second-order valence-corrected chi connectivity index (χ2v) is 6.95. The van der Waals surface area contributed by atoms with Crippen molar-refractivity contribution in [3.63, 3.8) is 0 Å². The topological polar surface area (TPSA) is 59.2 Å². The van der Waals surface area contributed by atoms with Gasteiger partial charge < -0.3 is 9.42 Å². The zero-order chi connectivity index (χ0) is 16.8. The van der Waals surface area contributed by atoms with E-state index >= 15 is 0 Å². The molecule has 1 unspecified atom stereocenters. The number of amides is 1. The zero-order valence-corrected chi connectivity index (χ0v) is 13.9. The fourth-order valence-electron chi connectivity index (χ4n) is 3.72. The standard InChI is InChI=1S/C20H19N3O2/c24-20(16-8-3-6-13-5-1-2-7-15(13)16)23-12-4-9-17(23)19-21-18(22-25-19)14-10-11-14/h1-3,5-8,14,17H,4,9-12H2. The minimum Gasteiger partial charge on any atom is -0.337 e. The number of hydrogen-bond acceptors (Lipinski definition) is 4. The van der Waals surface area contributed by atoms with Crippen LogP contribution in [0.5, 0.6) is 0 Å². The molecule has 2 aromatic carbocycles. The van der Waals surface area contributed by atoms with Crippen molar-refractivity contribution in [2.75, 3.05) is 6.54 Å². The van der Waals surface area contributed by atoms with Crippen molar-refractivity contribution in [3.05, 3.63) is 59.7 Å². The molecule has 1 aromatic heterocycles. The highest BCUT2D eigenvalue weighted by Gasteiger charge is 2.36. The Morgan fingerprint density at radius 1 is 1.08 bits per heavy atom. The minimum absolute atomic E-state index is 0.0467. The summed E-state index contributed by atoms with van der Waals surface area (Å²) in [6, 6.07) is 13.8. The van der Waals surface area contributed by atoms with Crippen LogP contribution in [-0.4, -0.2) is 27.5 Å². The maximum Gasteiger partial charge on any atom is 0.255 e. The van der Waals surface area contributed by atoms with Crippen molar-refractivity contribution in [2.24, 2.45) is 0 Å². The highest BCUT2D eigenvalue weighted by molar-refractivity contribution is 6.07. The van der Waals surface area contributed by atoms with Crippen molar-refractivity contribution in [3.8, 4) is 0 Å². The lowest BCUT2D eigenvalue weighted by Crippen LogP contribution is -2.30. The average molecular weight is 333 g/mol. The molecule has 1 amide bonds. The van der Waals surface area contributed by atoms with Crippen LogP contribution in [0.1, 0.15) is 59.7 Å². The SMILES string of the molecule is O=C(c1cccc2ccccc12)N1CCCC1c1nc(C2CC2)no1. The first-order valence-corrected chi connectivity index (χ1v) is 8.93. The molecule has 2 heterocycles. The van der Waals surface area contributed by atoms with Crippen LogP contribution in [-0.2, 0) is 0 Å². The highest BCUT2D eigenvalue weighted by atomic mass is 16.5. The van der Waals surface area contributed by atoms with Crippen molar-refractivity contribution >= 4 is 16.7 Å². The van der Waals surface area contributed by atoms with E-state index in [1.54, 1.807) is 0 Å². The van der Waals surface area contributed by atoms with Gasteiger partial charge in [0, 0.05) is 18.0 Å². The Kier molecular flexibility index (Phi) is 3.33. The lowest BCUT2D eigenvalue weighted by atomic mass is 10.0. The third-order valence-electron chi connectivity index (χ3n) is 5.22. The van der Waals surface area contributed by atoms with E-state index in [1.807, 2.05) is 47.4 Å². The van der Waals surface area contributed by atoms with Crippen LogP contribution >= 0.6 is 0 Å². The molecule has 1 atom stereocenters. The van der Waals surface area contributed by atoms with Crippen molar-refractivity contribution in [1.29, 1.82) is 0 Å². The van der Waals surface area contributed by atoms with Crippen LogP contribution < -0.4 is 0 Å². The van der Waals surface area contributed by atoms with E-state index in [1.165, 1.54) is 0 Å². The molecule has 1 saturated carbocycles. The molecule has 126 valence electrons. The molecule has 5 rings (SSSR count). The monoisotopic (exact) mass is 333 g/mol. The number of hydrogen-bond donors (Lipinski definition) is 0. The molecule has 0 radical (unpaired) electrons. The lowest BCUT2D eigenvalue weighted by molar-refractivity contribution is 0.0712. The summed E-state index contributed by atoms with van der Waals surface area (Å²) in [6.07, 6.45) is 4.12. The summed E-state index contributed by atoms with van der Waals surface area (Å²) >= 11 is 0. The molecule has 0 N–H and O–H groups in total. The smallest absolute Gasteiger partial charge is 0.255 e. The molecule has 3 aromatic rings. The van der Waals surface area contributed by atoms with Gasteiger partial charge in [-0.15, -0.1) is 0 Å². The van der Waals surface area contributed by atoms with Crippen LogP contribution in [0.2, 0.25) is 0 Å². The maximum atomic E-state index is 13.2. The van der Waals surface area contributed by atoms with E-state index in [0.29, 0.717) is 11.8 Å². The highest BCUT2D eigenvalue weighted by Crippen LogP contribution is 2.40. The van der Waals surface area contributed by atoms with Crippen molar-refractivity contribution in [1.82, 2.24) is 15.0 Å². The van der Waals surface area contributed by atoms with E-state index in [2.05, 4.69) is 10.1 Å². The minimum atomic E-state index is -0.105. The predicted molar refractivity (Wildman–Crippen MR) is 93.2 cm³/mol. The Hall–Kier alpha value is -2.69. The fourth-order valence-corrected chi connectivity index (χ4v) is 3.72. The van der Waals surface area contributed by atoms with Crippen molar-refractivity contribution < 1.29 is 9.32 Å². The maximum absolute atomic E-state index is 13.2. The molecule has 1 aliphatic heterocycles. The van der Waals surface area contributed by atoms with Gasteiger partial charge in [-0.3, -0.25) is 4.79 Å². The Balaban J connectivity index is 1.48. The van der Waals surface area contributed by atoms with E-state index < -0.39 is 0 Å². The first-order chi connectivity index (χ1) is 12.3. The molecule has 0 spiro atoms. The van der Waals surface area contributed by atoms with Gasteiger partial charge in [-0.1, -0.05) is 41.6 Å². The molecule has 25 heavy (non-hydrogen) atoms. The summed E-state index contributed by atoms with van der Waals surface area (Å²) in [5.74, 6) is 1.90. The first kappa shape index (κ1) is 14.6. The molecule has 1 saturated heterocycles. The van der Waals surface area contributed by atoms with Gasteiger partial charge in [0.2, 0.25) is 5.89 Å². The molecule has 2 aliphatic rings. The van der Waals surface area contributed by atoms with Crippen LogP contribution in [0.3, 0.4) is 0 Å². The predicted octanol–water partition coefficient (Wildman–Crippen LogP) is 4.08. The third kappa shape index (κ3) is 2.51. The van der Waals surface area contributed by atoms with Crippen LogP contribution in [0.15, 0.2) is 47.0 Å². The van der Waals surface area contributed by atoms with Crippen LogP contribution in [0.4, 0.5) is 0 Å². The molecule has 5 heteroatoms. The molecular weight excluding hydrogens is 314 g/mol. The lowest BCUT2D eigenvalue weighted by Gasteiger charge is -2.22. The van der Waals surface area contributed by atoms with E-state index in [4.69, 9.17) is 4.52 Å². The Morgan fingerprint density at radius 2 is 1.92 bits per heavy atom. The number of aromatic nitrogens is 2. The number of likely N-dealkylation sites (tertiary alicyclic amines) is 1. The third-order valence-corrected chi connectivity index (χ3v) is 5.22. The molecule has 5 nitrogen and oxygen atoms in total. The number of carbonyl (C=O) groups excluding carboxylic acids is 1. The average Bonchev–Trinajstić information content (AvgIpc) is 3.19. The summed E-state index contributed by atoms with van der Waals surface area (Å²) in [6.45, 7) is 0.730. The number of nitrogens with zero attached hydrogens (tertiary/aromatic N) is 3. The van der Waals surface area contributed by atoms with Gasteiger partial charge in [0.1, 0.15) is 6.04 Å². The van der Waals surface area contributed by atoms with Gasteiger partial charge >= 0.3 is 0 Å². The fraction of sp³-hybridized carbons (Fsp3) is 0.350. The van der Waals surface area contributed by atoms with Crippen LogP contribution in [0, 0.1) is 0 Å². The summed E-state index contributed by atoms with van der Waals surface area (Å²) in [7, 11) is 0. The summed E-state index contributed by atoms with van der Waals surface area (Å²) in [5.41, 5.74) is 0.743. The van der Waals surface area contributed by atoms with E-state index in [-0.39, 0.29) is 11.9 Å². The molecule has 2 fully saturated rings.